The normalized spacial score (nSPS) is 10.4. The first-order chi connectivity index (χ1) is 8.22. The number of methoxy groups -OCH3 is 1. The van der Waals surface area contributed by atoms with Crippen LogP contribution in [0.1, 0.15) is 25.3 Å². The molecule has 0 aliphatic heterocycles. The molecule has 0 radical (unpaired) electrons. The molecule has 0 heterocycles. The van der Waals surface area contributed by atoms with Crippen LogP contribution in [0.25, 0.3) is 0 Å². The number of nitrogens with two attached hydrogens (primary N) is 1. The van der Waals surface area contributed by atoms with Crippen LogP contribution in [-0.4, -0.2) is 27.2 Å². The lowest BCUT2D eigenvalue weighted by Gasteiger charge is -2.22. The van der Waals surface area contributed by atoms with Crippen LogP contribution in [0.2, 0.25) is 0 Å². The second-order valence-corrected chi connectivity index (χ2v) is 4.28. The number of hydrogen-bond acceptors (Lipinski definition) is 3. The van der Waals surface area contributed by atoms with E-state index >= 15 is 0 Å². The highest BCUT2D eigenvalue weighted by molar-refractivity contribution is 5.59. The van der Waals surface area contributed by atoms with Crippen molar-refractivity contribution in [3.63, 3.8) is 0 Å². The number of rotatable bonds is 7. The van der Waals surface area contributed by atoms with E-state index in [4.69, 9.17) is 10.5 Å². The second-order valence-electron chi connectivity index (χ2n) is 4.28. The lowest BCUT2D eigenvalue weighted by molar-refractivity contribution is 0.414. The monoisotopic (exact) mass is 236 g/mol. The summed E-state index contributed by atoms with van der Waals surface area (Å²) >= 11 is 0. The Morgan fingerprint density at radius 1 is 1.29 bits per heavy atom. The SMILES string of the molecule is CCc1ccc(OC)c(N(C)CCCCN)c1. The molecule has 2 N–H and O–H groups in total. The van der Waals surface area contributed by atoms with Gasteiger partial charge in [0.05, 0.1) is 12.8 Å². The number of anilines is 1. The van der Waals surface area contributed by atoms with Gasteiger partial charge in [-0.05, 0) is 43.5 Å². The summed E-state index contributed by atoms with van der Waals surface area (Å²) in [6, 6.07) is 6.38. The van der Waals surface area contributed by atoms with Crippen LogP contribution in [0.15, 0.2) is 18.2 Å². The smallest absolute Gasteiger partial charge is 0.142 e. The van der Waals surface area contributed by atoms with Crippen molar-refractivity contribution in [1.29, 1.82) is 0 Å². The van der Waals surface area contributed by atoms with Crippen molar-refractivity contribution in [3.8, 4) is 5.75 Å². The highest BCUT2D eigenvalue weighted by Gasteiger charge is 2.08. The third-order valence-electron chi connectivity index (χ3n) is 3.01. The van der Waals surface area contributed by atoms with Crippen molar-refractivity contribution in [1.82, 2.24) is 0 Å². The van der Waals surface area contributed by atoms with Gasteiger partial charge in [-0.25, -0.2) is 0 Å². The molecule has 0 atom stereocenters. The maximum Gasteiger partial charge on any atom is 0.142 e. The first-order valence-electron chi connectivity index (χ1n) is 6.31. The molecule has 1 aromatic rings. The Bertz CT molecular complexity index is 339. The number of ether oxygens (including phenoxy) is 1. The fourth-order valence-electron chi connectivity index (χ4n) is 1.87. The Morgan fingerprint density at radius 3 is 2.65 bits per heavy atom. The summed E-state index contributed by atoms with van der Waals surface area (Å²) in [7, 11) is 3.83. The second kappa shape index (κ2) is 7.17. The van der Waals surface area contributed by atoms with Gasteiger partial charge in [0.1, 0.15) is 5.75 Å². The van der Waals surface area contributed by atoms with E-state index < -0.39 is 0 Å². The summed E-state index contributed by atoms with van der Waals surface area (Å²) in [4.78, 5) is 2.24. The van der Waals surface area contributed by atoms with Gasteiger partial charge in [0.25, 0.3) is 0 Å². The van der Waals surface area contributed by atoms with Crippen molar-refractivity contribution >= 4 is 5.69 Å². The number of hydrogen-bond donors (Lipinski definition) is 1. The lowest BCUT2D eigenvalue weighted by Crippen LogP contribution is -2.20. The van der Waals surface area contributed by atoms with E-state index in [1.54, 1.807) is 7.11 Å². The topological polar surface area (TPSA) is 38.5 Å². The van der Waals surface area contributed by atoms with Crippen LogP contribution in [0.5, 0.6) is 5.75 Å². The molecule has 0 unspecified atom stereocenters. The van der Waals surface area contributed by atoms with Crippen LogP contribution >= 0.6 is 0 Å². The van der Waals surface area contributed by atoms with Gasteiger partial charge in [-0.2, -0.15) is 0 Å². The van der Waals surface area contributed by atoms with Crippen LogP contribution in [0, 0.1) is 0 Å². The maximum absolute atomic E-state index is 5.51. The highest BCUT2D eigenvalue weighted by atomic mass is 16.5. The van der Waals surface area contributed by atoms with Crippen molar-refractivity contribution in [2.45, 2.75) is 26.2 Å². The average molecular weight is 236 g/mol. The zero-order chi connectivity index (χ0) is 12.7. The van der Waals surface area contributed by atoms with Crippen LogP contribution in [0.3, 0.4) is 0 Å². The largest absolute Gasteiger partial charge is 0.495 e. The van der Waals surface area contributed by atoms with Crippen LogP contribution in [-0.2, 0) is 6.42 Å². The summed E-state index contributed by atoms with van der Waals surface area (Å²) in [5, 5.41) is 0. The molecular weight excluding hydrogens is 212 g/mol. The summed E-state index contributed by atoms with van der Waals surface area (Å²) in [6.45, 7) is 3.95. The van der Waals surface area contributed by atoms with Crippen molar-refractivity contribution in [2.24, 2.45) is 5.73 Å². The molecule has 17 heavy (non-hydrogen) atoms. The van der Waals surface area contributed by atoms with Gasteiger partial charge in [0, 0.05) is 13.6 Å². The first kappa shape index (κ1) is 13.8. The molecule has 0 saturated carbocycles. The summed E-state index contributed by atoms with van der Waals surface area (Å²) in [6.07, 6.45) is 3.24. The standard InChI is InChI=1S/C14H24N2O/c1-4-12-7-8-14(17-3)13(11-12)16(2)10-6-5-9-15/h7-8,11H,4-6,9-10,15H2,1-3H3. The van der Waals surface area contributed by atoms with E-state index in [0.717, 1.165) is 38.1 Å². The predicted octanol–water partition coefficient (Wildman–Crippen LogP) is 2.43. The van der Waals surface area contributed by atoms with Gasteiger partial charge in [-0.3, -0.25) is 0 Å². The van der Waals surface area contributed by atoms with Gasteiger partial charge in [-0.1, -0.05) is 13.0 Å². The molecule has 1 rings (SSSR count). The van der Waals surface area contributed by atoms with Gasteiger partial charge in [-0.15, -0.1) is 0 Å². The van der Waals surface area contributed by atoms with Crippen molar-refractivity contribution in [2.75, 3.05) is 32.1 Å². The first-order valence-corrected chi connectivity index (χ1v) is 6.31. The quantitative estimate of drug-likeness (QED) is 0.739. The molecule has 0 spiro atoms. The van der Waals surface area contributed by atoms with E-state index in [9.17, 15) is 0 Å². The maximum atomic E-state index is 5.51. The van der Waals surface area contributed by atoms with E-state index in [-0.39, 0.29) is 0 Å². The van der Waals surface area contributed by atoms with Gasteiger partial charge in [0.2, 0.25) is 0 Å². The zero-order valence-electron chi connectivity index (χ0n) is 11.2. The van der Waals surface area contributed by atoms with Crippen molar-refractivity contribution < 1.29 is 4.74 Å². The van der Waals surface area contributed by atoms with E-state index in [1.165, 1.54) is 11.3 Å². The van der Waals surface area contributed by atoms with E-state index in [2.05, 4.69) is 31.0 Å². The number of nitrogens with zero attached hydrogens (tertiary/aromatic N) is 1. The molecule has 3 nitrogen and oxygen atoms in total. The van der Waals surface area contributed by atoms with Crippen LogP contribution in [0.4, 0.5) is 5.69 Å². The van der Waals surface area contributed by atoms with Gasteiger partial charge in [0.15, 0.2) is 0 Å². The minimum atomic E-state index is 0.764. The number of aryl methyl sites for hydroxylation is 1. The summed E-state index contributed by atoms with van der Waals surface area (Å²) in [5.41, 5.74) is 8.02. The molecule has 96 valence electrons. The third kappa shape index (κ3) is 3.93. The fraction of sp³-hybridized carbons (Fsp3) is 0.571. The Labute approximate surface area is 105 Å². The molecule has 0 aromatic heterocycles. The van der Waals surface area contributed by atoms with E-state index in [0.29, 0.717) is 0 Å². The summed E-state index contributed by atoms with van der Waals surface area (Å²) < 4.78 is 5.41. The van der Waals surface area contributed by atoms with Crippen molar-refractivity contribution in [3.05, 3.63) is 23.8 Å². The lowest BCUT2D eigenvalue weighted by atomic mass is 10.1. The molecule has 0 aliphatic rings. The predicted molar refractivity (Wildman–Crippen MR) is 73.9 cm³/mol. The van der Waals surface area contributed by atoms with E-state index in [1.807, 2.05) is 6.07 Å². The number of benzene rings is 1. The summed E-state index contributed by atoms with van der Waals surface area (Å²) in [5.74, 6) is 0.942. The zero-order valence-corrected chi connectivity index (χ0v) is 11.2. The average Bonchev–Trinajstić information content (AvgIpc) is 2.38. The molecule has 1 aromatic carbocycles. The minimum absolute atomic E-state index is 0.764. The Kier molecular flexibility index (Phi) is 5.84. The molecule has 3 heteroatoms. The molecular formula is C14H24N2O. The van der Waals surface area contributed by atoms with Crippen LogP contribution < -0.4 is 15.4 Å². The molecule has 0 amide bonds. The number of unbranched alkanes of at least 4 members (excludes halogenated alkanes) is 1. The molecule has 0 saturated heterocycles. The minimum Gasteiger partial charge on any atom is -0.495 e. The Hall–Kier alpha value is -1.22. The fourth-order valence-corrected chi connectivity index (χ4v) is 1.87. The Balaban J connectivity index is 2.78. The third-order valence-corrected chi connectivity index (χ3v) is 3.01. The molecule has 0 aliphatic carbocycles. The molecule has 0 bridgehead atoms. The van der Waals surface area contributed by atoms with Gasteiger partial charge >= 0.3 is 0 Å². The Morgan fingerprint density at radius 2 is 2.06 bits per heavy atom. The van der Waals surface area contributed by atoms with Gasteiger partial charge < -0.3 is 15.4 Å². The highest BCUT2D eigenvalue weighted by Crippen LogP contribution is 2.28. The molecule has 0 fully saturated rings.